The van der Waals surface area contributed by atoms with Crippen LogP contribution in [0.2, 0.25) is 0 Å². The number of nitrogens with one attached hydrogen (secondary N) is 2. The molecule has 0 aliphatic heterocycles. The second kappa shape index (κ2) is 9.96. The highest BCUT2D eigenvalue weighted by molar-refractivity contribution is 5.95. The maximum atomic E-state index is 12.1. The first-order chi connectivity index (χ1) is 13.0. The van der Waals surface area contributed by atoms with Gasteiger partial charge in [0.05, 0.1) is 13.5 Å². The molecule has 0 aliphatic carbocycles. The van der Waals surface area contributed by atoms with E-state index < -0.39 is 18.0 Å². The predicted molar refractivity (Wildman–Crippen MR) is 100 cm³/mol. The van der Waals surface area contributed by atoms with Crippen molar-refractivity contribution < 1.29 is 23.9 Å². The quantitative estimate of drug-likeness (QED) is 0.693. The minimum Gasteiger partial charge on any atom is -0.497 e. The fourth-order valence-electron chi connectivity index (χ4n) is 2.23. The van der Waals surface area contributed by atoms with Gasteiger partial charge in [-0.15, -0.1) is 0 Å². The first kappa shape index (κ1) is 20.0. The third-order valence-corrected chi connectivity index (χ3v) is 3.67. The summed E-state index contributed by atoms with van der Waals surface area (Å²) in [5, 5.41) is 5.12. The van der Waals surface area contributed by atoms with Crippen LogP contribution < -0.4 is 15.4 Å². The van der Waals surface area contributed by atoms with Crippen LogP contribution in [0.5, 0.6) is 5.75 Å². The van der Waals surface area contributed by atoms with Gasteiger partial charge >= 0.3 is 5.97 Å². The molecule has 0 unspecified atom stereocenters. The summed E-state index contributed by atoms with van der Waals surface area (Å²) in [7, 11) is 1.55. The molecule has 0 saturated heterocycles. The molecule has 2 amide bonds. The normalized spacial score (nSPS) is 11.2. The molecule has 27 heavy (non-hydrogen) atoms. The number of carbonyl (C=O) groups is 3. The summed E-state index contributed by atoms with van der Waals surface area (Å²) in [5.74, 6) is -0.787. The van der Waals surface area contributed by atoms with Gasteiger partial charge in [-0.05, 0) is 36.8 Å². The molecular formula is C20H22N2O5. The van der Waals surface area contributed by atoms with E-state index in [-0.39, 0.29) is 18.9 Å². The van der Waals surface area contributed by atoms with Gasteiger partial charge in [0.1, 0.15) is 12.3 Å². The number of rotatable bonds is 8. The van der Waals surface area contributed by atoms with Gasteiger partial charge in [0.2, 0.25) is 5.91 Å². The topological polar surface area (TPSA) is 93.7 Å². The molecule has 7 nitrogen and oxygen atoms in total. The Balaban J connectivity index is 1.73. The van der Waals surface area contributed by atoms with Gasteiger partial charge in [-0.3, -0.25) is 14.4 Å². The van der Waals surface area contributed by atoms with Gasteiger partial charge in [-0.1, -0.05) is 30.3 Å². The van der Waals surface area contributed by atoms with E-state index in [1.807, 2.05) is 30.3 Å². The Hall–Kier alpha value is -3.35. The van der Waals surface area contributed by atoms with Crippen molar-refractivity contribution in [2.24, 2.45) is 0 Å². The van der Waals surface area contributed by atoms with Crippen LogP contribution in [-0.4, -0.2) is 37.5 Å². The van der Waals surface area contributed by atoms with E-state index in [0.29, 0.717) is 11.4 Å². The average molecular weight is 370 g/mol. The fraction of sp³-hybridized carbons (Fsp3) is 0.250. The van der Waals surface area contributed by atoms with Gasteiger partial charge in [0.25, 0.3) is 5.91 Å². The second-order valence-corrected chi connectivity index (χ2v) is 5.79. The molecule has 0 saturated carbocycles. The Kier molecular flexibility index (Phi) is 7.37. The van der Waals surface area contributed by atoms with Gasteiger partial charge in [0.15, 0.2) is 6.10 Å². The van der Waals surface area contributed by atoms with Gasteiger partial charge in [-0.25, -0.2) is 0 Å². The Bertz CT molecular complexity index is 775. The summed E-state index contributed by atoms with van der Waals surface area (Å²) in [5.41, 5.74) is 1.40. The molecule has 0 heterocycles. The monoisotopic (exact) mass is 370 g/mol. The van der Waals surface area contributed by atoms with Crippen LogP contribution in [0.4, 0.5) is 5.69 Å². The number of esters is 1. The zero-order valence-electron chi connectivity index (χ0n) is 15.2. The second-order valence-electron chi connectivity index (χ2n) is 5.79. The number of methoxy groups -OCH3 is 1. The molecule has 2 rings (SSSR count). The van der Waals surface area contributed by atoms with E-state index in [4.69, 9.17) is 9.47 Å². The van der Waals surface area contributed by atoms with Crippen LogP contribution >= 0.6 is 0 Å². The lowest BCUT2D eigenvalue weighted by Crippen LogP contribution is -2.36. The average Bonchev–Trinajstić information content (AvgIpc) is 2.67. The third kappa shape index (κ3) is 6.81. The smallest absolute Gasteiger partial charge is 0.326 e. The highest BCUT2D eigenvalue weighted by atomic mass is 16.5. The van der Waals surface area contributed by atoms with Crippen LogP contribution in [0, 0.1) is 0 Å². The lowest BCUT2D eigenvalue weighted by Gasteiger charge is -2.14. The lowest BCUT2D eigenvalue weighted by molar-refractivity contribution is -0.152. The molecule has 2 aromatic carbocycles. The Morgan fingerprint density at radius 2 is 1.67 bits per heavy atom. The summed E-state index contributed by atoms with van der Waals surface area (Å²) in [6.45, 7) is 1.16. The van der Waals surface area contributed by atoms with Crippen LogP contribution in [0.15, 0.2) is 54.6 Å². The van der Waals surface area contributed by atoms with Crippen LogP contribution in [0.25, 0.3) is 0 Å². The Labute approximate surface area is 157 Å². The molecule has 0 aliphatic rings. The molecule has 0 spiro atoms. The van der Waals surface area contributed by atoms with Crippen molar-refractivity contribution >= 4 is 23.5 Å². The number of carbonyl (C=O) groups excluding carboxylic acids is 3. The van der Waals surface area contributed by atoms with E-state index >= 15 is 0 Å². The van der Waals surface area contributed by atoms with Gasteiger partial charge in [-0.2, -0.15) is 0 Å². The highest BCUT2D eigenvalue weighted by Crippen LogP contribution is 2.15. The predicted octanol–water partition coefficient (Wildman–Crippen LogP) is 1.92. The van der Waals surface area contributed by atoms with Crippen LogP contribution in [0.1, 0.15) is 12.5 Å². The maximum Gasteiger partial charge on any atom is 0.326 e. The number of amides is 2. The maximum absolute atomic E-state index is 12.1. The van der Waals surface area contributed by atoms with Crippen molar-refractivity contribution in [1.82, 2.24) is 5.32 Å². The summed E-state index contributed by atoms with van der Waals surface area (Å²) in [4.78, 5) is 35.7. The largest absolute Gasteiger partial charge is 0.497 e. The lowest BCUT2D eigenvalue weighted by atomic mass is 10.1. The molecule has 0 radical (unpaired) electrons. The van der Waals surface area contributed by atoms with E-state index in [2.05, 4.69) is 10.6 Å². The first-order valence-corrected chi connectivity index (χ1v) is 8.43. The minimum absolute atomic E-state index is 0.168. The Morgan fingerprint density at radius 3 is 2.30 bits per heavy atom. The molecule has 7 heteroatoms. The molecular weight excluding hydrogens is 348 g/mol. The van der Waals surface area contributed by atoms with Crippen molar-refractivity contribution in [1.29, 1.82) is 0 Å². The van der Waals surface area contributed by atoms with Crippen molar-refractivity contribution in [2.75, 3.05) is 19.0 Å². The van der Waals surface area contributed by atoms with E-state index in [0.717, 1.165) is 5.56 Å². The SMILES string of the molecule is COc1ccc(NC(=O)[C@@H](C)OC(=O)CNC(=O)Cc2ccccc2)cc1. The third-order valence-electron chi connectivity index (χ3n) is 3.67. The van der Waals surface area contributed by atoms with E-state index in [1.165, 1.54) is 6.92 Å². The molecule has 142 valence electrons. The van der Waals surface area contributed by atoms with Gasteiger partial charge in [0, 0.05) is 5.69 Å². The molecule has 2 N–H and O–H groups in total. The Morgan fingerprint density at radius 1 is 1.00 bits per heavy atom. The highest BCUT2D eigenvalue weighted by Gasteiger charge is 2.18. The number of ether oxygens (including phenoxy) is 2. The van der Waals surface area contributed by atoms with Crippen LogP contribution in [0.3, 0.4) is 0 Å². The van der Waals surface area contributed by atoms with Gasteiger partial charge < -0.3 is 20.1 Å². The fourth-order valence-corrected chi connectivity index (χ4v) is 2.23. The molecule has 2 aromatic rings. The summed E-state index contributed by atoms with van der Waals surface area (Å²) < 4.78 is 10.1. The minimum atomic E-state index is -0.995. The zero-order chi connectivity index (χ0) is 19.6. The summed E-state index contributed by atoms with van der Waals surface area (Å²) in [6.07, 6.45) is -0.827. The standard InChI is InChI=1S/C20H22N2O5/c1-14(20(25)22-16-8-10-17(26-2)11-9-16)27-19(24)13-21-18(23)12-15-6-4-3-5-7-15/h3-11,14H,12-13H2,1-2H3,(H,21,23)(H,22,25)/t14-/m1/s1. The van der Waals surface area contributed by atoms with Crippen molar-refractivity contribution in [3.8, 4) is 5.75 Å². The molecule has 0 fully saturated rings. The van der Waals surface area contributed by atoms with Crippen molar-refractivity contribution in [3.63, 3.8) is 0 Å². The first-order valence-electron chi connectivity index (χ1n) is 8.43. The number of hydrogen-bond acceptors (Lipinski definition) is 5. The van der Waals surface area contributed by atoms with Crippen molar-refractivity contribution in [3.05, 3.63) is 60.2 Å². The number of hydrogen-bond donors (Lipinski definition) is 2. The van der Waals surface area contributed by atoms with E-state index in [9.17, 15) is 14.4 Å². The van der Waals surface area contributed by atoms with Crippen molar-refractivity contribution in [2.45, 2.75) is 19.4 Å². The molecule has 0 aromatic heterocycles. The van der Waals surface area contributed by atoms with Crippen LogP contribution in [-0.2, 0) is 25.5 Å². The summed E-state index contributed by atoms with van der Waals surface area (Å²) in [6, 6.07) is 15.9. The molecule has 1 atom stereocenters. The number of anilines is 1. The molecule has 0 bridgehead atoms. The van der Waals surface area contributed by atoms with E-state index in [1.54, 1.807) is 31.4 Å². The zero-order valence-corrected chi connectivity index (χ0v) is 15.2. The number of benzene rings is 2. The summed E-state index contributed by atoms with van der Waals surface area (Å²) >= 11 is 0.